The van der Waals surface area contributed by atoms with Crippen LogP contribution in [0.5, 0.6) is 5.75 Å². The number of benzene rings is 1. The molecule has 15 heavy (non-hydrogen) atoms. The fraction of sp³-hybridized carbons (Fsp3) is 0.385. The van der Waals surface area contributed by atoms with Gasteiger partial charge in [-0.15, -0.1) is 0 Å². The molecule has 1 saturated carbocycles. The second kappa shape index (κ2) is 4.39. The minimum atomic E-state index is 0.550. The summed E-state index contributed by atoms with van der Waals surface area (Å²) in [4.78, 5) is 0. The Kier molecular flexibility index (Phi) is 2.95. The summed E-state index contributed by atoms with van der Waals surface area (Å²) in [6.07, 6.45) is 3.98. The van der Waals surface area contributed by atoms with Gasteiger partial charge in [-0.05, 0) is 42.5 Å². The molecule has 0 heterocycles. The Bertz CT molecular complexity index is 374. The van der Waals surface area contributed by atoms with Crippen molar-refractivity contribution in [3.8, 4) is 5.75 Å². The lowest BCUT2D eigenvalue weighted by Gasteiger charge is -2.18. The van der Waals surface area contributed by atoms with Crippen LogP contribution in [-0.2, 0) is 6.42 Å². The van der Waals surface area contributed by atoms with Gasteiger partial charge in [0.1, 0.15) is 5.75 Å². The molecule has 80 valence electrons. The van der Waals surface area contributed by atoms with Crippen LogP contribution in [0.3, 0.4) is 0 Å². The molecule has 0 aliphatic heterocycles. The Morgan fingerprint density at radius 2 is 2.20 bits per heavy atom. The second-order valence-corrected chi connectivity index (χ2v) is 3.93. The van der Waals surface area contributed by atoms with E-state index in [4.69, 9.17) is 4.74 Å². The molecule has 0 bridgehead atoms. The van der Waals surface area contributed by atoms with E-state index in [1.165, 1.54) is 12.0 Å². The minimum absolute atomic E-state index is 0.550. The third kappa shape index (κ3) is 2.32. The zero-order chi connectivity index (χ0) is 10.7. The molecule has 1 aliphatic rings. The molecule has 0 radical (unpaired) electrons. The summed E-state index contributed by atoms with van der Waals surface area (Å²) in [6.45, 7) is 0. The van der Waals surface area contributed by atoms with Gasteiger partial charge in [-0.2, -0.15) is 0 Å². The van der Waals surface area contributed by atoms with Crippen molar-refractivity contribution in [2.45, 2.75) is 25.7 Å². The van der Waals surface area contributed by atoms with Gasteiger partial charge < -0.3 is 9.84 Å². The fourth-order valence-corrected chi connectivity index (χ4v) is 1.74. The van der Waals surface area contributed by atoms with Crippen molar-refractivity contribution < 1.29 is 9.84 Å². The van der Waals surface area contributed by atoms with Crippen molar-refractivity contribution in [1.29, 1.82) is 0 Å². The summed E-state index contributed by atoms with van der Waals surface area (Å²) in [6, 6.07) is 7.84. The standard InChI is InChI=1S/C13H16O2/c1-15-12-7-2-4-10(8-12)9-13(14)11-5-3-6-11/h2,4,7-8,14H,3,5-6,9H2,1H3. The summed E-state index contributed by atoms with van der Waals surface area (Å²) < 4.78 is 5.14. The maximum atomic E-state index is 9.82. The van der Waals surface area contributed by atoms with Crippen LogP contribution in [0.15, 0.2) is 35.6 Å². The number of hydrogen-bond acceptors (Lipinski definition) is 2. The maximum absolute atomic E-state index is 9.82. The third-order valence-electron chi connectivity index (χ3n) is 2.87. The van der Waals surface area contributed by atoms with Gasteiger partial charge in [0.05, 0.1) is 12.9 Å². The van der Waals surface area contributed by atoms with Gasteiger partial charge in [0.2, 0.25) is 0 Å². The summed E-state index contributed by atoms with van der Waals surface area (Å²) in [5.41, 5.74) is 2.32. The van der Waals surface area contributed by atoms with Gasteiger partial charge in [-0.1, -0.05) is 12.1 Å². The van der Waals surface area contributed by atoms with E-state index < -0.39 is 0 Å². The molecule has 0 amide bonds. The molecule has 1 fully saturated rings. The van der Waals surface area contributed by atoms with Gasteiger partial charge in [-0.25, -0.2) is 0 Å². The number of ether oxygens (including phenoxy) is 1. The second-order valence-electron chi connectivity index (χ2n) is 3.93. The van der Waals surface area contributed by atoms with Gasteiger partial charge in [0.15, 0.2) is 0 Å². The molecular weight excluding hydrogens is 188 g/mol. The molecule has 0 atom stereocenters. The first-order valence-electron chi connectivity index (χ1n) is 5.32. The Morgan fingerprint density at radius 1 is 1.40 bits per heavy atom. The zero-order valence-electron chi connectivity index (χ0n) is 8.99. The quantitative estimate of drug-likeness (QED) is 0.766. The van der Waals surface area contributed by atoms with Crippen molar-refractivity contribution in [2.24, 2.45) is 0 Å². The van der Waals surface area contributed by atoms with Crippen molar-refractivity contribution in [1.82, 2.24) is 0 Å². The van der Waals surface area contributed by atoms with Crippen LogP contribution in [0.1, 0.15) is 24.8 Å². The number of allylic oxidation sites excluding steroid dienone is 2. The lowest BCUT2D eigenvalue weighted by molar-refractivity contribution is 0.373. The molecule has 2 nitrogen and oxygen atoms in total. The average molecular weight is 204 g/mol. The largest absolute Gasteiger partial charge is 0.512 e. The van der Waals surface area contributed by atoms with Crippen LogP contribution in [0.4, 0.5) is 0 Å². The summed E-state index contributed by atoms with van der Waals surface area (Å²) in [5.74, 6) is 1.40. The van der Waals surface area contributed by atoms with Crippen LogP contribution in [0.25, 0.3) is 0 Å². The molecule has 1 N–H and O–H groups in total. The normalized spacial score (nSPS) is 14.6. The Balaban J connectivity index is 2.10. The highest BCUT2D eigenvalue weighted by molar-refractivity contribution is 5.31. The van der Waals surface area contributed by atoms with Crippen molar-refractivity contribution in [3.63, 3.8) is 0 Å². The summed E-state index contributed by atoms with van der Waals surface area (Å²) in [5, 5.41) is 9.82. The Labute approximate surface area is 90.2 Å². The first-order valence-corrected chi connectivity index (χ1v) is 5.32. The molecular formula is C13H16O2. The van der Waals surface area contributed by atoms with E-state index in [-0.39, 0.29) is 0 Å². The fourth-order valence-electron chi connectivity index (χ4n) is 1.74. The minimum Gasteiger partial charge on any atom is -0.512 e. The molecule has 1 aromatic rings. The van der Waals surface area contributed by atoms with E-state index in [0.717, 1.165) is 24.2 Å². The molecule has 2 heteroatoms. The van der Waals surface area contributed by atoms with Crippen molar-refractivity contribution in [2.75, 3.05) is 7.11 Å². The van der Waals surface area contributed by atoms with Crippen LogP contribution in [-0.4, -0.2) is 12.2 Å². The van der Waals surface area contributed by atoms with Gasteiger partial charge in [0.25, 0.3) is 0 Å². The Morgan fingerprint density at radius 3 is 2.80 bits per heavy atom. The SMILES string of the molecule is COc1cccc(CC(O)=C2CCC2)c1. The topological polar surface area (TPSA) is 29.5 Å². The molecule has 0 saturated heterocycles. The van der Waals surface area contributed by atoms with E-state index in [2.05, 4.69) is 0 Å². The smallest absolute Gasteiger partial charge is 0.119 e. The zero-order valence-corrected chi connectivity index (χ0v) is 8.99. The molecule has 1 aliphatic carbocycles. The number of aliphatic hydroxyl groups is 1. The predicted molar refractivity (Wildman–Crippen MR) is 60.2 cm³/mol. The summed E-state index contributed by atoms with van der Waals surface area (Å²) in [7, 11) is 1.66. The first-order chi connectivity index (χ1) is 7.29. The molecule has 0 aromatic heterocycles. The number of aliphatic hydroxyl groups excluding tert-OH is 1. The highest BCUT2D eigenvalue weighted by Gasteiger charge is 2.14. The first kappa shape index (κ1) is 10.1. The van der Waals surface area contributed by atoms with E-state index in [1.54, 1.807) is 7.11 Å². The van der Waals surface area contributed by atoms with Gasteiger partial charge in [0, 0.05) is 6.42 Å². The molecule has 2 rings (SSSR count). The molecule has 0 spiro atoms. The number of rotatable bonds is 3. The Hall–Kier alpha value is -1.44. The van der Waals surface area contributed by atoms with Crippen molar-refractivity contribution >= 4 is 0 Å². The van der Waals surface area contributed by atoms with E-state index >= 15 is 0 Å². The summed E-state index contributed by atoms with van der Waals surface area (Å²) >= 11 is 0. The lowest BCUT2D eigenvalue weighted by Crippen LogP contribution is -2.03. The van der Waals surface area contributed by atoms with Crippen LogP contribution in [0, 0.1) is 0 Å². The van der Waals surface area contributed by atoms with Crippen LogP contribution in [0.2, 0.25) is 0 Å². The van der Waals surface area contributed by atoms with Gasteiger partial charge in [-0.3, -0.25) is 0 Å². The van der Waals surface area contributed by atoms with Crippen LogP contribution >= 0.6 is 0 Å². The maximum Gasteiger partial charge on any atom is 0.119 e. The number of hydrogen-bond donors (Lipinski definition) is 1. The number of methoxy groups -OCH3 is 1. The highest BCUT2D eigenvalue weighted by Crippen LogP contribution is 2.29. The lowest BCUT2D eigenvalue weighted by atomic mass is 9.89. The van der Waals surface area contributed by atoms with E-state index in [9.17, 15) is 5.11 Å². The third-order valence-corrected chi connectivity index (χ3v) is 2.87. The van der Waals surface area contributed by atoms with Crippen molar-refractivity contribution in [3.05, 3.63) is 41.2 Å². The van der Waals surface area contributed by atoms with Crippen LogP contribution < -0.4 is 4.74 Å². The average Bonchev–Trinajstić information content (AvgIpc) is 2.15. The van der Waals surface area contributed by atoms with E-state index in [0.29, 0.717) is 12.2 Å². The monoisotopic (exact) mass is 204 g/mol. The predicted octanol–water partition coefficient (Wildman–Crippen LogP) is 3.23. The van der Waals surface area contributed by atoms with Gasteiger partial charge >= 0.3 is 0 Å². The van der Waals surface area contributed by atoms with E-state index in [1.807, 2.05) is 24.3 Å². The molecule has 1 aromatic carbocycles. The highest BCUT2D eigenvalue weighted by atomic mass is 16.5. The molecule has 0 unspecified atom stereocenters.